The van der Waals surface area contributed by atoms with Gasteiger partial charge in [0.2, 0.25) is 0 Å². The Hall–Kier alpha value is -0.470. The summed E-state index contributed by atoms with van der Waals surface area (Å²) >= 11 is 2.02. The molecular weight excluding hydrogens is 250 g/mol. The molecule has 0 saturated carbocycles. The molecule has 0 bridgehead atoms. The van der Waals surface area contributed by atoms with Crippen molar-refractivity contribution >= 4 is 11.8 Å². The zero-order chi connectivity index (χ0) is 13.9. The quantitative estimate of drug-likeness (QED) is 0.598. The molecule has 0 radical (unpaired) electrons. The van der Waals surface area contributed by atoms with Gasteiger partial charge in [-0.1, -0.05) is 52.2 Å². The van der Waals surface area contributed by atoms with E-state index >= 15 is 0 Å². The van der Waals surface area contributed by atoms with Gasteiger partial charge in [0.1, 0.15) is 0 Å². The Morgan fingerprint density at radius 3 is 2.74 bits per heavy atom. The van der Waals surface area contributed by atoms with E-state index in [-0.39, 0.29) is 0 Å². The molecule has 1 aromatic rings. The Bertz CT molecular complexity index is 338. The van der Waals surface area contributed by atoms with E-state index in [1.54, 1.807) is 0 Å². The van der Waals surface area contributed by atoms with Crippen LogP contribution in [0.5, 0.6) is 0 Å². The van der Waals surface area contributed by atoms with Gasteiger partial charge in [0.25, 0.3) is 0 Å². The van der Waals surface area contributed by atoms with Crippen LogP contribution in [-0.4, -0.2) is 12.3 Å². The molecule has 0 aliphatic heterocycles. The van der Waals surface area contributed by atoms with E-state index in [0.29, 0.717) is 0 Å². The Kier molecular flexibility index (Phi) is 9.02. The highest BCUT2D eigenvalue weighted by molar-refractivity contribution is 7.99. The number of benzene rings is 1. The molecule has 0 fully saturated rings. The summed E-state index contributed by atoms with van der Waals surface area (Å²) in [7, 11) is 0. The van der Waals surface area contributed by atoms with Crippen molar-refractivity contribution in [2.45, 2.75) is 57.9 Å². The SMILES string of the molecule is CCCCC(CC)CSc1cccc(CNCC)c1. The lowest BCUT2D eigenvalue weighted by atomic mass is 10.0. The van der Waals surface area contributed by atoms with Crippen molar-refractivity contribution < 1.29 is 0 Å². The first-order valence-corrected chi connectivity index (χ1v) is 8.71. The maximum Gasteiger partial charge on any atom is 0.0205 e. The maximum atomic E-state index is 3.39. The van der Waals surface area contributed by atoms with Gasteiger partial charge in [-0.15, -0.1) is 11.8 Å². The third-order valence-electron chi connectivity index (χ3n) is 3.51. The van der Waals surface area contributed by atoms with E-state index in [9.17, 15) is 0 Å². The standard InChI is InChI=1S/C17H29NS/c1-4-7-9-15(5-2)14-19-17-11-8-10-16(12-17)13-18-6-3/h8,10-12,15,18H,4-7,9,13-14H2,1-3H3. The molecule has 1 unspecified atom stereocenters. The first-order valence-electron chi connectivity index (χ1n) is 7.72. The lowest BCUT2D eigenvalue weighted by Gasteiger charge is -2.14. The van der Waals surface area contributed by atoms with Crippen molar-refractivity contribution in [3.05, 3.63) is 29.8 Å². The monoisotopic (exact) mass is 279 g/mol. The van der Waals surface area contributed by atoms with Crippen molar-refractivity contribution in [1.29, 1.82) is 0 Å². The van der Waals surface area contributed by atoms with Gasteiger partial charge in [0.05, 0.1) is 0 Å². The Morgan fingerprint density at radius 1 is 1.21 bits per heavy atom. The highest BCUT2D eigenvalue weighted by Crippen LogP contribution is 2.25. The highest BCUT2D eigenvalue weighted by atomic mass is 32.2. The fraction of sp³-hybridized carbons (Fsp3) is 0.647. The van der Waals surface area contributed by atoms with E-state index in [4.69, 9.17) is 0 Å². The van der Waals surface area contributed by atoms with Crippen LogP contribution in [0.4, 0.5) is 0 Å². The largest absolute Gasteiger partial charge is 0.313 e. The summed E-state index contributed by atoms with van der Waals surface area (Å²) in [5, 5.41) is 3.39. The summed E-state index contributed by atoms with van der Waals surface area (Å²) in [6.45, 7) is 8.77. The van der Waals surface area contributed by atoms with Gasteiger partial charge in [-0.25, -0.2) is 0 Å². The summed E-state index contributed by atoms with van der Waals surface area (Å²) in [4.78, 5) is 1.42. The predicted octanol–water partition coefficient (Wildman–Crippen LogP) is 5.10. The molecule has 0 aliphatic rings. The molecule has 0 heterocycles. The van der Waals surface area contributed by atoms with Crippen molar-refractivity contribution in [3.8, 4) is 0 Å². The molecule has 0 amide bonds. The fourth-order valence-electron chi connectivity index (χ4n) is 2.13. The van der Waals surface area contributed by atoms with Crippen LogP contribution in [0, 0.1) is 5.92 Å². The molecule has 1 aromatic carbocycles. The van der Waals surface area contributed by atoms with E-state index in [0.717, 1.165) is 19.0 Å². The van der Waals surface area contributed by atoms with Crippen LogP contribution < -0.4 is 5.32 Å². The van der Waals surface area contributed by atoms with Crippen LogP contribution in [0.3, 0.4) is 0 Å². The number of hydrogen-bond donors (Lipinski definition) is 1. The third-order valence-corrected chi connectivity index (χ3v) is 4.73. The Balaban J connectivity index is 2.42. The van der Waals surface area contributed by atoms with Gasteiger partial charge in [-0.3, -0.25) is 0 Å². The van der Waals surface area contributed by atoms with E-state index in [2.05, 4.69) is 50.4 Å². The van der Waals surface area contributed by atoms with E-state index < -0.39 is 0 Å². The van der Waals surface area contributed by atoms with Crippen LogP contribution in [0.2, 0.25) is 0 Å². The molecule has 0 aromatic heterocycles. The van der Waals surface area contributed by atoms with Gasteiger partial charge in [0.15, 0.2) is 0 Å². The third kappa shape index (κ3) is 7.03. The lowest BCUT2D eigenvalue weighted by Crippen LogP contribution is -2.11. The number of nitrogens with one attached hydrogen (secondary N) is 1. The molecule has 108 valence electrons. The van der Waals surface area contributed by atoms with Crippen LogP contribution >= 0.6 is 11.8 Å². The number of unbranched alkanes of at least 4 members (excludes halogenated alkanes) is 1. The normalized spacial score (nSPS) is 12.6. The van der Waals surface area contributed by atoms with E-state index in [1.807, 2.05) is 11.8 Å². The number of thioether (sulfide) groups is 1. The second kappa shape index (κ2) is 10.3. The highest BCUT2D eigenvalue weighted by Gasteiger charge is 2.06. The molecule has 2 heteroatoms. The number of rotatable bonds is 10. The molecule has 0 saturated heterocycles. The van der Waals surface area contributed by atoms with Crippen molar-refractivity contribution in [2.75, 3.05) is 12.3 Å². The summed E-state index contributed by atoms with van der Waals surface area (Å²) in [6, 6.07) is 8.97. The predicted molar refractivity (Wildman–Crippen MR) is 87.9 cm³/mol. The molecule has 19 heavy (non-hydrogen) atoms. The Labute approximate surface area is 123 Å². The summed E-state index contributed by atoms with van der Waals surface area (Å²) in [6.07, 6.45) is 5.39. The molecule has 0 spiro atoms. The van der Waals surface area contributed by atoms with Gasteiger partial charge < -0.3 is 5.32 Å². The second-order valence-corrected chi connectivity index (χ2v) is 6.25. The minimum atomic E-state index is 0.877. The van der Waals surface area contributed by atoms with Crippen LogP contribution in [0.15, 0.2) is 29.2 Å². The Morgan fingerprint density at radius 2 is 2.05 bits per heavy atom. The molecule has 0 aliphatic carbocycles. The van der Waals surface area contributed by atoms with Crippen LogP contribution in [0.25, 0.3) is 0 Å². The zero-order valence-corrected chi connectivity index (χ0v) is 13.6. The maximum absolute atomic E-state index is 3.39. The molecular formula is C17H29NS. The van der Waals surface area contributed by atoms with Gasteiger partial charge in [-0.05, 0) is 36.6 Å². The smallest absolute Gasteiger partial charge is 0.0205 e. The minimum Gasteiger partial charge on any atom is -0.313 e. The zero-order valence-electron chi connectivity index (χ0n) is 12.7. The van der Waals surface area contributed by atoms with Gasteiger partial charge in [0, 0.05) is 17.2 Å². The average Bonchev–Trinajstić information content (AvgIpc) is 2.46. The second-order valence-electron chi connectivity index (χ2n) is 5.16. The summed E-state index contributed by atoms with van der Waals surface area (Å²) < 4.78 is 0. The molecule has 1 rings (SSSR count). The molecule has 1 N–H and O–H groups in total. The van der Waals surface area contributed by atoms with Crippen LogP contribution in [0.1, 0.15) is 52.0 Å². The summed E-state index contributed by atoms with van der Waals surface area (Å²) in [5.41, 5.74) is 1.40. The average molecular weight is 279 g/mol. The van der Waals surface area contributed by atoms with Crippen molar-refractivity contribution in [2.24, 2.45) is 5.92 Å². The first kappa shape index (κ1) is 16.6. The number of hydrogen-bond acceptors (Lipinski definition) is 2. The fourth-order valence-corrected chi connectivity index (χ4v) is 3.37. The van der Waals surface area contributed by atoms with Crippen molar-refractivity contribution in [3.63, 3.8) is 0 Å². The summed E-state index contributed by atoms with van der Waals surface area (Å²) in [5.74, 6) is 2.14. The van der Waals surface area contributed by atoms with Crippen LogP contribution in [-0.2, 0) is 6.54 Å². The lowest BCUT2D eigenvalue weighted by molar-refractivity contribution is 0.499. The molecule has 1 atom stereocenters. The van der Waals surface area contributed by atoms with Gasteiger partial charge in [-0.2, -0.15) is 0 Å². The van der Waals surface area contributed by atoms with Gasteiger partial charge >= 0.3 is 0 Å². The first-order chi connectivity index (χ1) is 9.30. The topological polar surface area (TPSA) is 12.0 Å². The minimum absolute atomic E-state index is 0.877. The van der Waals surface area contributed by atoms with E-state index in [1.165, 1.54) is 41.9 Å². The van der Waals surface area contributed by atoms with Crippen molar-refractivity contribution in [1.82, 2.24) is 5.32 Å². The molecule has 1 nitrogen and oxygen atoms in total.